The minimum Gasteiger partial charge on any atom is -0.450 e. The molecule has 20 heavy (non-hydrogen) atoms. The SMILES string of the molecule is CCOC(=O)N1CCN(CCCn2ccnc2C)CC1. The number of hydrogen-bond acceptors (Lipinski definition) is 4. The fourth-order valence-electron chi connectivity index (χ4n) is 2.47. The van der Waals surface area contributed by atoms with Crippen LogP contribution in [0.1, 0.15) is 19.2 Å². The van der Waals surface area contributed by atoms with Crippen molar-refractivity contribution < 1.29 is 9.53 Å². The Bertz CT molecular complexity index is 425. The van der Waals surface area contributed by atoms with Crippen LogP contribution in [0.4, 0.5) is 4.79 Å². The highest BCUT2D eigenvalue weighted by Gasteiger charge is 2.21. The Labute approximate surface area is 120 Å². The Kier molecular flexibility index (Phi) is 5.40. The van der Waals surface area contributed by atoms with E-state index in [2.05, 4.69) is 14.5 Å². The average Bonchev–Trinajstić information content (AvgIpc) is 2.85. The molecule has 1 amide bonds. The van der Waals surface area contributed by atoms with Crippen LogP contribution in [0.3, 0.4) is 0 Å². The summed E-state index contributed by atoms with van der Waals surface area (Å²) in [5.41, 5.74) is 0. The van der Waals surface area contributed by atoms with E-state index in [4.69, 9.17) is 4.74 Å². The summed E-state index contributed by atoms with van der Waals surface area (Å²) in [5, 5.41) is 0. The zero-order valence-corrected chi connectivity index (χ0v) is 12.4. The Morgan fingerprint density at radius 2 is 2.05 bits per heavy atom. The van der Waals surface area contributed by atoms with Gasteiger partial charge in [0.2, 0.25) is 0 Å². The number of ether oxygens (including phenoxy) is 1. The van der Waals surface area contributed by atoms with E-state index in [9.17, 15) is 4.79 Å². The van der Waals surface area contributed by atoms with E-state index in [1.54, 1.807) is 4.90 Å². The number of imidazole rings is 1. The smallest absolute Gasteiger partial charge is 0.409 e. The molecule has 112 valence electrons. The first-order valence-electron chi connectivity index (χ1n) is 7.32. The van der Waals surface area contributed by atoms with E-state index in [1.807, 2.05) is 26.2 Å². The summed E-state index contributed by atoms with van der Waals surface area (Å²) in [6.45, 7) is 9.78. The normalized spacial score (nSPS) is 16.4. The quantitative estimate of drug-likeness (QED) is 0.817. The molecule has 1 aromatic rings. The number of nitrogens with zero attached hydrogens (tertiary/aromatic N) is 4. The van der Waals surface area contributed by atoms with Crippen LogP contribution in [0, 0.1) is 6.92 Å². The molecule has 0 spiro atoms. The highest BCUT2D eigenvalue weighted by molar-refractivity contribution is 5.67. The Balaban J connectivity index is 1.65. The third kappa shape index (κ3) is 3.96. The van der Waals surface area contributed by atoms with Gasteiger partial charge < -0.3 is 14.2 Å². The van der Waals surface area contributed by atoms with Crippen molar-refractivity contribution in [3.63, 3.8) is 0 Å². The highest BCUT2D eigenvalue weighted by atomic mass is 16.6. The number of amides is 1. The van der Waals surface area contributed by atoms with Crippen LogP contribution in [0.2, 0.25) is 0 Å². The molecule has 6 nitrogen and oxygen atoms in total. The third-order valence-corrected chi connectivity index (χ3v) is 3.70. The molecule has 0 bridgehead atoms. The standard InChI is InChI=1S/C14H24N4O2/c1-3-20-14(19)18-11-9-16(10-12-18)6-4-7-17-8-5-15-13(17)2/h5,8H,3-4,6-7,9-12H2,1-2H3. The molecule has 0 unspecified atom stereocenters. The van der Waals surface area contributed by atoms with Gasteiger partial charge in [-0.25, -0.2) is 9.78 Å². The molecule has 0 N–H and O–H groups in total. The zero-order valence-electron chi connectivity index (χ0n) is 12.4. The van der Waals surface area contributed by atoms with Crippen molar-refractivity contribution >= 4 is 6.09 Å². The number of aromatic nitrogens is 2. The van der Waals surface area contributed by atoms with Crippen molar-refractivity contribution in [1.29, 1.82) is 0 Å². The van der Waals surface area contributed by atoms with E-state index >= 15 is 0 Å². The Hall–Kier alpha value is -1.56. The van der Waals surface area contributed by atoms with Gasteiger partial charge in [0.05, 0.1) is 6.61 Å². The number of carbonyl (C=O) groups is 1. The van der Waals surface area contributed by atoms with Gasteiger partial charge in [-0.05, 0) is 26.8 Å². The fourth-order valence-corrected chi connectivity index (χ4v) is 2.47. The van der Waals surface area contributed by atoms with Crippen molar-refractivity contribution in [3.05, 3.63) is 18.2 Å². The number of carbonyl (C=O) groups excluding carboxylic acids is 1. The summed E-state index contributed by atoms with van der Waals surface area (Å²) < 4.78 is 7.19. The van der Waals surface area contributed by atoms with E-state index in [-0.39, 0.29) is 6.09 Å². The first-order valence-corrected chi connectivity index (χ1v) is 7.32. The number of aryl methyl sites for hydroxylation is 2. The maximum Gasteiger partial charge on any atom is 0.409 e. The molecule has 0 atom stereocenters. The molecule has 1 aliphatic rings. The monoisotopic (exact) mass is 280 g/mol. The van der Waals surface area contributed by atoms with E-state index in [1.165, 1.54) is 0 Å². The molecule has 1 fully saturated rings. The predicted octanol–water partition coefficient (Wildman–Crippen LogP) is 1.36. The van der Waals surface area contributed by atoms with Gasteiger partial charge in [-0.2, -0.15) is 0 Å². The number of hydrogen-bond donors (Lipinski definition) is 0. The molecule has 6 heteroatoms. The second kappa shape index (κ2) is 7.28. The maximum atomic E-state index is 11.6. The lowest BCUT2D eigenvalue weighted by Gasteiger charge is -2.34. The highest BCUT2D eigenvalue weighted by Crippen LogP contribution is 2.05. The van der Waals surface area contributed by atoms with Crippen molar-refractivity contribution in [3.8, 4) is 0 Å². The Morgan fingerprint density at radius 3 is 2.65 bits per heavy atom. The van der Waals surface area contributed by atoms with Gasteiger partial charge in [0.25, 0.3) is 0 Å². The second-order valence-corrected chi connectivity index (χ2v) is 5.05. The second-order valence-electron chi connectivity index (χ2n) is 5.05. The molecule has 0 aromatic carbocycles. The molecule has 2 rings (SSSR count). The molecule has 2 heterocycles. The first kappa shape index (κ1) is 14.8. The molecule has 0 saturated carbocycles. The molecule has 1 aromatic heterocycles. The summed E-state index contributed by atoms with van der Waals surface area (Å²) in [6, 6.07) is 0. The summed E-state index contributed by atoms with van der Waals surface area (Å²) in [6.07, 6.45) is 4.79. The van der Waals surface area contributed by atoms with E-state index < -0.39 is 0 Å². The van der Waals surface area contributed by atoms with Crippen molar-refractivity contribution in [2.45, 2.75) is 26.8 Å². The van der Waals surface area contributed by atoms with Crippen LogP contribution in [0.5, 0.6) is 0 Å². The molecule has 1 aliphatic heterocycles. The summed E-state index contributed by atoms with van der Waals surface area (Å²) in [4.78, 5) is 20.0. The number of piperazine rings is 1. The van der Waals surface area contributed by atoms with Gasteiger partial charge >= 0.3 is 6.09 Å². The van der Waals surface area contributed by atoms with Crippen molar-refractivity contribution in [2.24, 2.45) is 0 Å². The van der Waals surface area contributed by atoms with Crippen LogP contribution in [-0.4, -0.2) is 64.8 Å². The Morgan fingerprint density at radius 1 is 1.30 bits per heavy atom. The van der Waals surface area contributed by atoms with Gasteiger partial charge in [0.15, 0.2) is 0 Å². The van der Waals surface area contributed by atoms with Gasteiger partial charge in [-0.3, -0.25) is 4.90 Å². The third-order valence-electron chi connectivity index (χ3n) is 3.70. The summed E-state index contributed by atoms with van der Waals surface area (Å²) in [5.74, 6) is 1.07. The molecule has 1 saturated heterocycles. The van der Waals surface area contributed by atoms with Crippen molar-refractivity contribution in [1.82, 2.24) is 19.4 Å². The first-order chi connectivity index (χ1) is 9.70. The van der Waals surface area contributed by atoms with Crippen LogP contribution < -0.4 is 0 Å². The van der Waals surface area contributed by atoms with Crippen molar-refractivity contribution in [2.75, 3.05) is 39.3 Å². The topological polar surface area (TPSA) is 50.6 Å². The van der Waals surface area contributed by atoms with Crippen LogP contribution >= 0.6 is 0 Å². The van der Waals surface area contributed by atoms with Gasteiger partial charge in [0, 0.05) is 45.1 Å². The fraction of sp³-hybridized carbons (Fsp3) is 0.714. The minimum atomic E-state index is -0.179. The van der Waals surface area contributed by atoms with Crippen LogP contribution in [0.15, 0.2) is 12.4 Å². The lowest BCUT2D eigenvalue weighted by molar-refractivity contribution is 0.0790. The lowest BCUT2D eigenvalue weighted by atomic mass is 10.3. The number of rotatable bonds is 5. The van der Waals surface area contributed by atoms with Crippen LogP contribution in [0.25, 0.3) is 0 Å². The van der Waals surface area contributed by atoms with Gasteiger partial charge in [-0.15, -0.1) is 0 Å². The van der Waals surface area contributed by atoms with Gasteiger partial charge in [0.1, 0.15) is 5.82 Å². The van der Waals surface area contributed by atoms with Gasteiger partial charge in [-0.1, -0.05) is 0 Å². The van der Waals surface area contributed by atoms with E-state index in [0.29, 0.717) is 6.61 Å². The summed E-state index contributed by atoms with van der Waals surface area (Å²) in [7, 11) is 0. The predicted molar refractivity (Wildman–Crippen MR) is 76.6 cm³/mol. The largest absolute Gasteiger partial charge is 0.450 e. The average molecular weight is 280 g/mol. The minimum absolute atomic E-state index is 0.179. The molecular weight excluding hydrogens is 256 g/mol. The summed E-state index contributed by atoms with van der Waals surface area (Å²) >= 11 is 0. The molecule has 0 aliphatic carbocycles. The van der Waals surface area contributed by atoms with E-state index in [0.717, 1.165) is 51.5 Å². The zero-order chi connectivity index (χ0) is 14.4. The molecular formula is C14H24N4O2. The molecule has 0 radical (unpaired) electrons. The lowest BCUT2D eigenvalue weighted by Crippen LogP contribution is -2.49. The maximum absolute atomic E-state index is 11.6. The van der Waals surface area contributed by atoms with Crippen LogP contribution in [-0.2, 0) is 11.3 Å².